The topological polar surface area (TPSA) is 387 Å². The number of hydrogen-bond donors (Lipinski definition) is 4. The third-order valence-electron chi connectivity index (χ3n) is 18.9. The first-order valence-electron chi connectivity index (χ1n) is 43.9. The quantitative estimate of drug-likeness (QED) is 0.00917. The number of amides is 1. The Labute approximate surface area is 751 Å². The van der Waals surface area contributed by atoms with E-state index in [0.29, 0.717) is 349 Å². The zero-order valence-electron chi connectivity index (χ0n) is 75.3. The van der Waals surface area contributed by atoms with Crippen LogP contribution in [-0.2, 0) is 154 Å². The van der Waals surface area contributed by atoms with Gasteiger partial charge < -0.3 is 129 Å². The molecule has 2 heterocycles. The maximum Gasteiger partial charge on any atom is 0.303 e. The highest BCUT2D eigenvalue weighted by Crippen LogP contribution is 2.49. The molecule has 0 aromatic heterocycles. The molecule has 2 aromatic carbocycles. The Morgan fingerprint density at radius 2 is 0.762 bits per heavy atom. The molecule has 1 amide bonds. The van der Waals surface area contributed by atoms with E-state index in [1.807, 2.05) is 68.5 Å². The fourth-order valence-electron chi connectivity index (χ4n) is 12.4. The molecule has 36 nitrogen and oxygen atoms in total. The SMILES string of the molecule is COCCOCCOCCOCCOCCOCCOCCOCCOCCOCCOCCOCCOCCOCCOCCOCCOCCOCCOCCOCCOCCOCCOCCOCCNC(=O)CCCCCN1C(=CC=CC=CC=CC2=[N+](CCCCCC(=O)O)c3ccc(SOOO)cc3C2(C)C)C(C)(C)c2cc(S(=O)(=O)O)ccc21. The lowest BCUT2D eigenvalue weighted by atomic mass is 9.81. The molecule has 4 N–H and O–H groups in total. The van der Waals surface area contributed by atoms with Gasteiger partial charge in [-0.15, -0.1) is 4.33 Å². The minimum atomic E-state index is -4.44. The number of fused-ring (bicyclic) bond motifs is 2. The van der Waals surface area contributed by atoms with E-state index in [1.165, 1.54) is 6.07 Å². The number of carboxylic acids is 1. The van der Waals surface area contributed by atoms with Gasteiger partial charge in [-0.25, -0.2) is 5.26 Å². The number of nitrogens with one attached hydrogen (secondary N) is 1. The van der Waals surface area contributed by atoms with Gasteiger partial charge in [0.05, 0.1) is 333 Å². The summed E-state index contributed by atoms with van der Waals surface area (Å²) in [5, 5.41) is 24.6. The van der Waals surface area contributed by atoms with Crippen LogP contribution in [0, 0.1) is 0 Å². The lowest BCUT2D eigenvalue weighted by Gasteiger charge is -2.27. The van der Waals surface area contributed by atoms with Gasteiger partial charge in [-0.1, -0.05) is 55.7 Å². The number of aliphatic carboxylic acids is 1. The van der Waals surface area contributed by atoms with Crippen molar-refractivity contribution in [2.45, 2.75) is 99.7 Å². The number of carboxylic acid groups (broad SMARTS) is 1. The van der Waals surface area contributed by atoms with Crippen molar-refractivity contribution in [3.05, 3.63) is 95.8 Å². The molecule has 2 aliphatic heterocycles. The van der Waals surface area contributed by atoms with Crippen molar-refractivity contribution >= 4 is 51.1 Å². The summed E-state index contributed by atoms with van der Waals surface area (Å²) in [6, 6.07) is 10.6. The van der Waals surface area contributed by atoms with Gasteiger partial charge in [0.2, 0.25) is 11.6 Å². The van der Waals surface area contributed by atoms with Gasteiger partial charge in [0.15, 0.2) is 5.71 Å². The Bertz CT molecular complexity index is 3300. The molecule has 0 fully saturated rings. The van der Waals surface area contributed by atoms with Crippen LogP contribution in [0.5, 0.6) is 0 Å². The normalized spacial score (nSPS) is 14.2. The third kappa shape index (κ3) is 56.7. The molecular weight excluding hydrogens is 1690 g/mol. The second kappa shape index (κ2) is 77.6. The maximum absolute atomic E-state index is 12.7. The van der Waals surface area contributed by atoms with Crippen LogP contribution >= 0.6 is 12.0 Å². The van der Waals surface area contributed by atoms with Crippen LogP contribution in [0.2, 0.25) is 0 Å². The molecule has 126 heavy (non-hydrogen) atoms. The number of unbranched alkanes of at least 4 members (excludes halogenated alkanes) is 4. The van der Waals surface area contributed by atoms with Crippen LogP contribution in [0.3, 0.4) is 0 Å². The number of ether oxygens (including phenoxy) is 24. The van der Waals surface area contributed by atoms with Crippen molar-refractivity contribution in [3.63, 3.8) is 0 Å². The molecule has 0 saturated heterocycles. The van der Waals surface area contributed by atoms with Crippen LogP contribution in [0.25, 0.3) is 0 Å². The van der Waals surface area contributed by atoms with E-state index >= 15 is 0 Å². The van der Waals surface area contributed by atoms with E-state index < -0.39 is 26.9 Å². The molecule has 0 bridgehead atoms. The number of benzene rings is 2. The number of carbonyl (C=O) groups is 2. The number of allylic oxidation sites excluding steroid dienone is 8. The maximum atomic E-state index is 12.7. The Morgan fingerprint density at radius 3 is 1.13 bits per heavy atom. The number of nitrogens with zero attached hydrogens (tertiary/aromatic N) is 2. The lowest BCUT2D eigenvalue weighted by Crippen LogP contribution is -2.28. The van der Waals surface area contributed by atoms with Crippen molar-refractivity contribution in [1.29, 1.82) is 0 Å². The van der Waals surface area contributed by atoms with Gasteiger partial charge >= 0.3 is 5.97 Å². The minimum Gasteiger partial charge on any atom is -0.481 e. The van der Waals surface area contributed by atoms with E-state index in [4.69, 9.17) is 128 Å². The first kappa shape index (κ1) is 113. The van der Waals surface area contributed by atoms with Gasteiger partial charge in [-0.3, -0.25) is 14.1 Å². The number of hydrogen-bond acceptors (Lipinski definition) is 33. The smallest absolute Gasteiger partial charge is 0.303 e. The summed E-state index contributed by atoms with van der Waals surface area (Å²) in [4.78, 5) is 26.6. The van der Waals surface area contributed by atoms with Crippen LogP contribution in [0.1, 0.15) is 90.2 Å². The van der Waals surface area contributed by atoms with E-state index in [9.17, 15) is 22.6 Å². The molecule has 0 aliphatic carbocycles. The number of methoxy groups -OCH3 is 1. The number of carbonyl (C=O) groups excluding carboxylic acids is 1. The molecule has 0 saturated carbocycles. The van der Waals surface area contributed by atoms with E-state index in [1.54, 1.807) is 19.2 Å². The predicted molar refractivity (Wildman–Crippen MR) is 470 cm³/mol. The highest BCUT2D eigenvalue weighted by molar-refractivity contribution is 7.94. The monoisotopic (exact) mass is 1840 g/mol. The van der Waals surface area contributed by atoms with Crippen LogP contribution in [0.15, 0.2) is 94.4 Å². The molecule has 2 aromatic rings. The van der Waals surface area contributed by atoms with Crippen LogP contribution in [-0.4, -0.2) is 383 Å². The molecule has 0 atom stereocenters. The molecule has 38 heteroatoms. The van der Waals surface area contributed by atoms with Gasteiger partial charge in [-0.2, -0.15) is 13.0 Å². The Hall–Kier alpha value is -5.01. The first-order valence-corrected chi connectivity index (χ1v) is 46.1. The Morgan fingerprint density at radius 1 is 0.413 bits per heavy atom. The van der Waals surface area contributed by atoms with Gasteiger partial charge in [0.25, 0.3) is 10.1 Å². The van der Waals surface area contributed by atoms with Gasteiger partial charge in [0.1, 0.15) is 6.54 Å². The average Bonchev–Trinajstić information content (AvgIpc) is 1.59. The summed E-state index contributed by atoms with van der Waals surface area (Å²) in [6.07, 6.45) is 18.8. The Kier molecular flexibility index (Phi) is 69.8. The fraction of sp³-hybridized carbons (Fsp3) is 0.739. The van der Waals surface area contributed by atoms with E-state index in [-0.39, 0.29) is 17.2 Å². The summed E-state index contributed by atoms with van der Waals surface area (Å²) in [7, 11) is -2.80. The predicted octanol–water partition coefficient (Wildman–Crippen LogP) is 8.44. The summed E-state index contributed by atoms with van der Waals surface area (Å²) < 4.78 is 174. The number of anilines is 1. The van der Waals surface area contributed by atoms with Crippen molar-refractivity contribution in [2.24, 2.45) is 0 Å². The van der Waals surface area contributed by atoms with Gasteiger partial charge in [-0.05, 0) is 81.5 Å². The second-order valence-corrected chi connectivity index (χ2v) is 31.3. The minimum absolute atomic E-state index is 0.0562. The first-order chi connectivity index (χ1) is 61.6. The molecule has 0 unspecified atom stereocenters. The standard InChI is InChI=1S/C88H147N3O33S2/c1-87(2)79-75-77(125-124-123-95)21-23-81(79)90(27-16-10-14-20-86(93)94)83(87)17-11-7-6-8-12-18-84-88(3,4)80-76-78(126(96,97)98)22-24-82(80)91(84)26-15-9-13-19-85(92)89-25-28-100-31-32-102-35-36-104-39-40-106-43-44-108-47-48-110-51-52-112-55-56-114-59-60-116-63-64-118-67-68-120-71-72-122-74-73-121-70-69-119-66-65-117-62-61-115-58-57-113-54-53-111-50-49-109-46-45-107-42-41-105-38-37-103-34-33-101-30-29-99-5/h6-8,11-12,17-18,21-24,75-76H,9-10,13-16,19-20,25-74H2,1-5H3,(H3-,89,92,93,94,95,96,97,98)/p+1. The zero-order chi connectivity index (χ0) is 90.4. The van der Waals surface area contributed by atoms with Crippen molar-refractivity contribution in [3.8, 4) is 0 Å². The summed E-state index contributed by atoms with van der Waals surface area (Å²) in [5.74, 6) is -0.858. The summed E-state index contributed by atoms with van der Waals surface area (Å²) in [6.45, 7) is 32.2. The van der Waals surface area contributed by atoms with Crippen LogP contribution < -0.4 is 10.2 Å². The lowest BCUT2D eigenvalue weighted by molar-refractivity contribution is -0.438. The summed E-state index contributed by atoms with van der Waals surface area (Å²) in [5.41, 5.74) is 4.77. The molecular formula is C88H148N3O33S2+. The van der Waals surface area contributed by atoms with Crippen LogP contribution in [0.4, 0.5) is 11.4 Å². The average molecular weight is 1840 g/mol. The van der Waals surface area contributed by atoms with E-state index in [0.717, 1.165) is 76.5 Å². The molecule has 724 valence electrons. The molecule has 4 rings (SSSR count). The van der Waals surface area contributed by atoms with Gasteiger partial charge in [0, 0.05) is 78.9 Å². The molecule has 2 aliphatic rings. The fourth-order valence-corrected chi connectivity index (χ4v) is 13.3. The highest BCUT2D eigenvalue weighted by Gasteiger charge is 2.45. The molecule has 0 radical (unpaired) electrons. The zero-order valence-corrected chi connectivity index (χ0v) is 77.0. The largest absolute Gasteiger partial charge is 0.481 e. The van der Waals surface area contributed by atoms with Crippen molar-refractivity contribution < 1.29 is 161 Å². The highest BCUT2D eigenvalue weighted by atomic mass is 32.2. The summed E-state index contributed by atoms with van der Waals surface area (Å²) >= 11 is 0.903. The second-order valence-electron chi connectivity index (χ2n) is 29.1. The van der Waals surface area contributed by atoms with E-state index in [2.05, 4.69) is 39.8 Å². The number of rotatable bonds is 92. The van der Waals surface area contributed by atoms with Crippen molar-refractivity contribution in [2.75, 3.05) is 342 Å². The Balaban J connectivity index is 0.825. The molecule has 0 spiro atoms. The van der Waals surface area contributed by atoms with Crippen molar-refractivity contribution in [1.82, 2.24) is 5.32 Å². The third-order valence-corrected chi connectivity index (χ3v) is 20.3.